The molecule has 3 unspecified atom stereocenters. The predicted octanol–water partition coefficient (Wildman–Crippen LogP) is 1.75. The molecule has 3 atom stereocenters. The van der Waals surface area contributed by atoms with Crippen molar-refractivity contribution in [2.75, 3.05) is 13.1 Å². The van der Waals surface area contributed by atoms with Crippen LogP contribution in [0.2, 0.25) is 0 Å². The van der Waals surface area contributed by atoms with Crippen molar-refractivity contribution in [2.24, 2.45) is 17.6 Å². The van der Waals surface area contributed by atoms with Crippen LogP contribution in [0, 0.1) is 24.2 Å². The minimum Gasteiger partial charge on any atom is -0.329 e. The standard InChI is InChI=1S/C13H24N2/c1-4-5-8-15-13(10-14)7-6-11(2)12(3)9-13/h1,11-12,15H,5-10,14H2,2-3H3. The maximum absolute atomic E-state index is 5.91. The molecule has 1 aliphatic carbocycles. The van der Waals surface area contributed by atoms with Gasteiger partial charge in [0.05, 0.1) is 0 Å². The number of rotatable bonds is 4. The zero-order valence-corrected chi connectivity index (χ0v) is 10.1. The molecule has 15 heavy (non-hydrogen) atoms. The maximum atomic E-state index is 5.91. The van der Waals surface area contributed by atoms with Crippen molar-refractivity contribution in [1.82, 2.24) is 5.32 Å². The topological polar surface area (TPSA) is 38.0 Å². The predicted molar refractivity (Wildman–Crippen MR) is 65.4 cm³/mol. The van der Waals surface area contributed by atoms with Crippen LogP contribution in [0.1, 0.15) is 39.5 Å². The van der Waals surface area contributed by atoms with Gasteiger partial charge in [-0.25, -0.2) is 0 Å². The van der Waals surface area contributed by atoms with Gasteiger partial charge in [-0.2, -0.15) is 0 Å². The van der Waals surface area contributed by atoms with Crippen LogP contribution in [-0.4, -0.2) is 18.6 Å². The van der Waals surface area contributed by atoms with Crippen LogP contribution in [0.15, 0.2) is 0 Å². The highest BCUT2D eigenvalue weighted by molar-refractivity contribution is 4.96. The Morgan fingerprint density at radius 1 is 1.47 bits per heavy atom. The monoisotopic (exact) mass is 208 g/mol. The SMILES string of the molecule is C#CCCNC1(CN)CCC(C)C(C)C1. The molecule has 1 aliphatic rings. The van der Waals surface area contributed by atoms with Crippen molar-refractivity contribution >= 4 is 0 Å². The van der Waals surface area contributed by atoms with Gasteiger partial charge in [0.2, 0.25) is 0 Å². The summed E-state index contributed by atoms with van der Waals surface area (Å²) in [5.74, 6) is 4.26. The molecule has 1 saturated carbocycles. The Bertz CT molecular complexity index is 231. The van der Waals surface area contributed by atoms with Gasteiger partial charge in [0.15, 0.2) is 0 Å². The lowest BCUT2D eigenvalue weighted by atomic mass is 9.71. The van der Waals surface area contributed by atoms with Gasteiger partial charge >= 0.3 is 0 Å². The van der Waals surface area contributed by atoms with Crippen LogP contribution in [0.25, 0.3) is 0 Å². The van der Waals surface area contributed by atoms with Crippen molar-refractivity contribution in [2.45, 2.75) is 45.1 Å². The fraction of sp³-hybridized carbons (Fsp3) is 0.846. The highest BCUT2D eigenvalue weighted by Crippen LogP contribution is 2.35. The van der Waals surface area contributed by atoms with Gasteiger partial charge in [0, 0.05) is 25.0 Å². The van der Waals surface area contributed by atoms with Gasteiger partial charge < -0.3 is 11.1 Å². The molecule has 3 N–H and O–H groups in total. The van der Waals surface area contributed by atoms with Gasteiger partial charge in [-0.1, -0.05) is 13.8 Å². The van der Waals surface area contributed by atoms with Crippen molar-refractivity contribution < 1.29 is 0 Å². The largest absolute Gasteiger partial charge is 0.329 e. The number of hydrogen-bond acceptors (Lipinski definition) is 2. The third kappa shape index (κ3) is 3.22. The van der Waals surface area contributed by atoms with E-state index in [-0.39, 0.29) is 5.54 Å². The van der Waals surface area contributed by atoms with Crippen LogP contribution in [-0.2, 0) is 0 Å². The molecule has 0 radical (unpaired) electrons. The molecule has 0 aromatic rings. The van der Waals surface area contributed by atoms with Crippen LogP contribution >= 0.6 is 0 Å². The van der Waals surface area contributed by atoms with Crippen molar-refractivity contribution in [3.05, 3.63) is 0 Å². The Balaban J connectivity index is 2.50. The number of hydrogen-bond donors (Lipinski definition) is 2. The summed E-state index contributed by atoms with van der Waals surface area (Å²) in [6.45, 7) is 6.30. The van der Waals surface area contributed by atoms with E-state index in [0.717, 1.165) is 31.3 Å². The molecular weight excluding hydrogens is 184 g/mol. The molecule has 0 saturated heterocycles. The molecule has 0 amide bonds. The summed E-state index contributed by atoms with van der Waals surface area (Å²) < 4.78 is 0. The molecule has 1 rings (SSSR count). The molecule has 0 aromatic heterocycles. The summed E-state index contributed by atoms with van der Waals surface area (Å²) in [5, 5.41) is 3.57. The van der Waals surface area contributed by atoms with Gasteiger partial charge in [-0.15, -0.1) is 12.3 Å². The van der Waals surface area contributed by atoms with Crippen LogP contribution in [0.5, 0.6) is 0 Å². The maximum Gasteiger partial charge on any atom is 0.0307 e. The molecule has 86 valence electrons. The second-order valence-electron chi connectivity index (χ2n) is 5.06. The number of terminal acetylenes is 1. The first-order chi connectivity index (χ1) is 7.13. The van der Waals surface area contributed by atoms with Gasteiger partial charge in [-0.3, -0.25) is 0 Å². The lowest BCUT2D eigenvalue weighted by molar-refractivity contribution is 0.147. The average Bonchev–Trinajstić information content (AvgIpc) is 2.24. The van der Waals surface area contributed by atoms with Crippen LogP contribution in [0.3, 0.4) is 0 Å². The molecule has 2 nitrogen and oxygen atoms in total. The molecule has 0 heterocycles. The van der Waals surface area contributed by atoms with E-state index in [1.165, 1.54) is 19.3 Å². The fourth-order valence-electron chi connectivity index (χ4n) is 2.53. The smallest absolute Gasteiger partial charge is 0.0307 e. The Morgan fingerprint density at radius 3 is 2.73 bits per heavy atom. The summed E-state index contributed by atoms with van der Waals surface area (Å²) in [5.41, 5.74) is 6.07. The summed E-state index contributed by atoms with van der Waals surface area (Å²) in [6, 6.07) is 0. The molecule has 0 aliphatic heterocycles. The van der Waals surface area contributed by atoms with E-state index >= 15 is 0 Å². The third-order valence-electron chi connectivity index (χ3n) is 3.92. The molecule has 0 aromatic carbocycles. The van der Waals surface area contributed by atoms with Crippen molar-refractivity contribution in [3.8, 4) is 12.3 Å². The first kappa shape index (κ1) is 12.5. The second kappa shape index (κ2) is 5.53. The Morgan fingerprint density at radius 2 is 2.20 bits per heavy atom. The molecule has 0 spiro atoms. The van der Waals surface area contributed by atoms with Crippen molar-refractivity contribution in [3.63, 3.8) is 0 Å². The first-order valence-electron chi connectivity index (χ1n) is 6.02. The fourth-order valence-corrected chi connectivity index (χ4v) is 2.53. The molecule has 2 heteroatoms. The van der Waals surface area contributed by atoms with Crippen molar-refractivity contribution in [1.29, 1.82) is 0 Å². The van der Waals surface area contributed by atoms with Gasteiger partial charge in [0.25, 0.3) is 0 Å². The zero-order valence-electron chi connectivity index (χ0n) is 10.1. The van der Waals surface area contributed by atoms with Crippen LogP contribution < -0.4 is 11.1 Å². The lowest BCUT2D eigenvalue weighted by Gasteiger charge is -2.43. The Labute approximate surface area is 94.0 Å². The van der Waals surface area contributed by atoms with Gasteiger partial charge in [-0.05, 0) is 31.1 Å². The quantitative estimate of drug-likeness (QED) is 0.546. The average molecular weight is 208 g/mol. The van der Waals surface area contributed by atoms with E-state index in [1.54, 1.807) is 0 Å². The van der Waals surface area contributed by atoms with Gasteiger partial charge in [0.1, 0.15) is 0 Å². The highest BCUT2D eigenvalue weighted by atomic mass is 15.0. The lowest BCUT2D eigenvalue weighted by Crippen LogP contribution is -2.55. The summed E-state index contributed by atoms with van der Waals surface area (Å²) in [7, 11) is 0. The Kier molecular flexibility index (Phi) is 4.63. The second-order valence-corrected chi connectivity index (χ2v) is 5.06. The number of nitrogens with one attached hydrogen (secondary N) is 1. The van der Waals surface area contributed by atoms with E-state index < -0.39 is 0 Å². The molecule has 1 fully saturated rings. The van der Waals surface area contributed by atoms with Crippen LogP contribution in [0.4, 0.5) is 0 Å². The Hall–Kier alpha value is -0.520. The molecular formula is C13H24N2. The first-order valence-corrected chi connectivity index (χ1v) is 6.02. The third-order valence-corrected chi connectivity index (χ3v) is 3.92. The van der Waals surface area contributed by atoms with E-state index in [2.05, 4.69) is 25.1 Å². The summed E-state index contributed by atoms with van der Waals surface area (Å²) in [4.78, 5) is 0. The summed E-state index contributed by atoms with van der Waals surface area (Å²) in [6.07, 6.45) is 9.72. The van der Waals surface area contributed by atoms with E-state index in [1.807, 2.05) is 0 Å². The minimum atomic E-state index is 0.156. The van der Waals surface area contributed by atoms with E-state index in [4.69, 9.17) is 12.2 Å². The molecule has 0 bridgehead atoms. The minimum absolute atomic E-state index is 0.156. The van der Waals surface area contributed by atoms with E-state index in [9.17, 15) is 0 Å². The summed E-state index contributed by atoms with van der Waals surface area (Å²) >= 11 is 0. The zero-order chi connectivity index (χ0) is 11.3. The van der Waals surface area contributed by atoms with E-state index in [0.29, 0.717) is 0 Å². The highest BCUT2D eigenvalue weighted by Gasteiger charge is 2.35. The normalized spacial score (nSPS) is 36.1. The number of nitrogens with two attached hydrogens (primary N) is 1.